The van der Waals surface area contributed by atoms with Crippen molar-refractivity contribution in [2.75, 3.05) is 6.54 Å². The number of hydrogen-bond donors (Lipinski definition) is 1. The van der Waals surface area contributed by atoms with Crippen LogP contribution in [0.3, 0.4) is 0 Å². The molecule has 0 aliphatic carbocycles. The number of carboxylic acid groups (broad SMARTS) is 1. The molecule has 2 atom stereocenters. The van der Waals surface area contributed by atoms with E-state index in [0.717, 1.165) is 16.4 Å². The van der Waals surface area contributed by atoms with E-state index < -0.39 is 39.6 Å². The lowest BCUT2D eigenvalue weighted by Gasteiger charge is -2.36. The van der Waals surface area contributed by atoms with Crippen molar-refractivity contribution in [2.45, 2.75) is 30.7 Å². The van der Waals surface area contributed by atoms with Crippen LogP contribution in [0, 0.1) is 17.6 Å². The molecule has 0 spiro atoms. The van der Waals surface area contributed by atoms with Gasteiger partial charge in [0, 0.05) is 12.6 Å². The van der Waals surface area contributed by atoms with E-state index in [9.17, 15) is 22.0 Å². The molecular weight excluding hydrogens is 304 g/mol. The number of aliphatic carboxylic acids is 1. The van der Waals surface area contributed by atoms with Gasteiger partial charge >= 0.3 is 5.97 Å². The van der Waals surface area contributed by atoms with Gasteiger partial charge in [0.05, 0.1) is 10.8 Å². The first-order chi connectivity index (χ1) is 9.75. The Labute approximate surface area is 121 Å². The third-order valence-corrected chi connectivity index (χ3v) is 5.73. The predicted molar refractivity (Wildman–Crippen MR) is 70.1 cm³/mol. The molecule has 0 amide bonds. The maximum atomic E-state index is 13.2. The Morgan fingerprint density at radius 1 is 1.33 bits per heavy atom. The number of hydrogen-bond acceptors (Lipinski definition) is 3. The van der Waals surface area contributed by atoms with Crippen LogP contribution in [0.4, 0.5) is 8.78 Å². The summed E-state index contributed by atoms with van der Waals surface area (Å²) in [7, 11) is -4.05. The van der Waals surface area contributed by atoms with E-state index in [-0.39, 0.29) is 11.4 Å². The van der Waals surface area contributed by atoms with Crippen LogP contribution in [0.1, 0.15) is 19.8 Å². The molecule has 0 aromatic heterocycles. The summed E-state index contributed by atoms with van der Waals surface area (Å²) < 4.78 is 52.1. The number of piperidine rings is 1. The molecule has 0 bridgehead atoms. The molecule has 1 aliphatic heterocycles. The van der Waals surface area contributed by atoms with Crippen LogP contribution in [-0.4, -0.2) is 36.4 Å². The largest absolute Gasteiger partial charge is 0.481 e. The third kappa shape index (κ3) is 2.91. The summed E-state index contributed by atoms with van der Waals surface area (Å²) in [5.41, 5.74) is 0. The molecule has 5 nitrogen and oxygen atoms in total. The highest BCUT2D eigenvalue weighted by Gasteiger charge is 2.39. The quantitative estimate of drug-likeness (QED) is 0.922. The van der Waals surface area contributed by atoms with Gasteiger partial charge in [0.25, 0.3) is 0 Å². The van der Waals surface area contributed by atoms with Crippen molar-refractivity contribution in [2.24, 2.45) is 5.92 Å². The van der Waals surface area contributed by atoms with Crippen LogP contribution in [0.5, 0.6) is 0 Å². The minimum atomic E-state index is -4.05. The highest BCUT2D eigenvalue weighted by molar-refractivity contribution is 7.89. The van der Waals surface area contributed by atoms with Gasteiger partial charge < -0.3 is 5.11 Å². The van der Waals surface area contributed by atoms with Crippen molar-refractivity contribution in [3.63, 3.8) is 0 Å². The molecule has 1 fully saturated rings. The van der Waals surface area contributed by atoms with Crippen molar-refractivity contribution in [1.29, 1.82) is 0 Å². The lowest BCUT2D eigenvalue weighted by Crippen LogP contribution is -2.49. The van der Waals surface area contributed by atoms with E-state index in [1.807, 2.05) is 0 Å². The smallest absolute Gasteiger partial charge is 0.308 e. The molecule has 1 aromatic carbocycles. The zero-order valence-electron chi connectivity index (χ0n) is 11.3. The molecule has 1 saturated heterocycles. The van der Waals surface area contributed by atoms with E-state index in [1.54, 1.807) is 0 Å². The molecule has 21 heavy (non-hydrogen) atoms. The summed E-state index contributed by atoms with van der Waals surface area (Å²) in [6.45, 7) is 1.67. The van der Waals surface area contributed by atoms with Gasteiger partial charge in [-0.15, -0.1) is 0 Å². The van der Waals surface area contributed by atoms with E-state index in [1.165, 1.54) is 6.92 Å². The van der Waals surface area contributed by atoms with Gasteiger partial charge in [0.15, 0.2) is 11.6 Å². The number of benzene rings is 1. The summed E-state index contributed by atoms with van der Waals surface area (Å²) in [5.74, 6) is -4.26. The summed E-state index contributed by atoms with van der Waals surface area (Å²) in [5, 5.41) is 9.11. The standard InChI is InChI=1S/C13H15F2NO4S/c1-8-10(13(17)18)3-2-6-16(8)21(19,20)9-4-5-11(14)12(15)7-9/h4-5,7-8,10H,2-3,6H2,1H3,(H,17,18)/t8-,10-/m1/s1. The van der Waals surface area contributed by atoms with Gasteiger partial charge in [0.2, 0.25) is 10.0 Å². The number of carbonyl (C=O) groups is 1. The monoisotopic (exact) mass is 319 g/mol. The molecule has 1 N–H and O–H groups in total. The Hall–Kier alpha value is -1.54. The van der Waals surface area contributed by atoms with E-state index in [0.29, 0.717) is 18.9 Å². The molecule has 2 rings (SSSR count). The molecule has 1 aromatic rings. The summed E-state index contributed by atoms with van der Waals surface area (Å²) in [6.07, 6.45) is 0.796. The Morgan fingerprint density at radius 2 is 2.00 bits per heavy atom. The van der Waals surface area contributed by atoms with Gasteiger partial charge in [-0.05, 0) is 38.0 Å². The summed E-state index contributed by atoms with van der Waals surface area (Å²) >= 11 is 0. The molecule has 1 aliphatic rings. The number of rotatable bonds is 3. The molecule has 8 heteroatoms. The van der Waals surface area contributed by atoms with Crippen LogP contribution in [0.15, 0.2) is 23.1 Å². The fourth-order valence-electron chi connectivity index (χ4n) is 2.55. The maximum absolute atomic E-state index is 13.2. The van der Waals surface area contributed by atoms with E-state index in [2.05, 4.69) is 0 Å². The zero-order valence-corrected chi connectivity index (χ0v) is 12.1. The third-order valence-electron chi connectivity index (χ3n) is 3.75. The minimum Gasteiger partial charge on any atom is -0.481 e. The first-order valence-electron chi connectivity index (χ1n) is 6.45. The average Bonchev–Trinajstić information content (AvgIpc) is 2.41. The number of halogens is 2. The van der Waals surface area contributed by atoms with Gasteiger partial charge in [-0.3, -0.25) is 4.79 Å². The fraction of sp³-hybridized carbons (Fsp3) is 0.462. The van der Waals surface area contributed by atoms with Crippen LogP contribution in [0.2, 0.25) is 0 Å². The molecule has 0 saturated carbocycles. The molecular formula is C13H15F2NO4S. The second kappa shape index (κ2) is 5.69. The van der Waals surface area contributed by atoms with Crippen LogP contribution >= 0.6 is 0 Å². The van der Waals surface area contributed by atoms with E-state index >= 15 is 0 Å². The lowest BCUT2D eigenvalue weighted by atomic mass is 9.92. The van der Waals surface area contributed by atoms with E-state index in [4.69, 9.17) is 5.11 Å². The highest BCUT2D eigenvalue weighted by Crippen LogP contribution is 2.29. The van der Waals surface area contributed by atoms with Crippen molar-refractivity contribution in [3.8, 4) is 0 Å². The van der Waals surface area contributed by atoms with Gasteiger partial charge in [0.1, 0.15) is 0 Å². The number of carboxylic acids is 1. The lowest BCUT2D eigenvalue weighted by molar-refractivity contribution is -0.144. The maximum Gasteiger partial charge on any atom is 0.308 e. The Morgan fingerprint density at radius 3 is 2.57 bits per heavy atom. The zero-order chi connectivity index (χ0) is 15.8. The van der Waals surface area contributed by atoms with Crippen LogP contribution in [0.25, 0.3) is 0 Å². The Balaban J connectivity index is 2.38. The first kappa shape index (κ1) is 15.8. The second-order valence-corrected chi connectivity index (χ2v) is 6.91. The van der Waals surface area contributed by atoms with Gasteiger partial charge in [-0.2, -0.15) is 4.31 Å². The number of nitrogens with zero attached hydrogens (tertiary/aromatic N) is 1. The topological polar surface area (TPSA) is 74.7 Å². The van der Waals surface area contributed by atoms with Crippen molar-refractivity contribution >= 4 is 16.0 Å². The molecule has 116 valence electrons. The molecule has 1 heterocycles. The highest BCUT2D eigenvalue weighted by atomic mass is 32.2. The summed E-state index contributed by atoms with van der Waals surface area (Å²) in [4.78, 5) is 10.8. The first-order valence-corrected chi connectivity index (χ1v) is 7.89. The Kier molecular flexibility index (Phi) is 4.29. The predicted octanol–water partition coefficient (Wildman–Crippen LogP) is 1.84. The minimum absolute atomic E-state index is 0.159. The van der Waals surface area contributed by atoms with Crippen molar-refractivity contribution in [3.05, 3.63) is 29.8 Å². The van der Waals surface area contributed by atoms with Crippen molar-refractivity contribution in [1.82, 2.24) is 4.31 Å². The second-order valence-electron chi connectivity index (χ2n) is 5.02. The van der Waals surface area contributed by atoms with Gasteiger partial charge in [-0.25, -0.2) is 17.2 Å². The Bertz CT molecular complexity index is 662. The normalized spacial score (nSPS) is 24.0. The van der Waals surface area contributed by atoms with Crippen LogP contribution < -0.4 is 0 Å². The van der Waals surface area contributed by atoms with Gasteiger partial charge in [-0.1, -0.05) is 0 Å². The molecule has 0 radical (unpaired) electrons. The fourth-order valence-corrected chi connectivity index (χ4v) is 4.27. The SMILES string of the molecule is C[C@@H]1[C@H](C(=O)O)CCCN1S(=O)(=O)c1ccc(F)c(F)c1. The van der Waals surface area contributed by atoms with Crippen molar-refractivity contribution < 1.29 is 27.1 Å². The molecule has 0 unspecified atom stereocenters. The number of sulfonamides is 1. The summed E-state index contributed by atoms with van der Waals surface area (Å²) in [6, 6.07) is 1.59. The van der Waals surface area contributed by atoms with Crippen LogP contribution in [-0.2, 0) is 14.8 Å². The average molecular weight is 319 g/mol.